The van der Waals surface area contributed by atoms with Crippen molar-refractivity contribution in [1.29, 1.82) is 0 Å². The van der Waals surface area contributed by atoms with Gasteiger partial charge in [0.25, 0.3) is 0 Å². The van der Waals surface area contributed by atoms with Crippen molar-refractivity contribution in [2.75, 3.05) is 0 Å². The van der Waals surface area contributed by atoms with Crippen LogP contribution < -0.4 is 0 Å². The highest BCUT2D eigenvalue weighted by Gasteiger charge is 2.45. The lowest BCUT2D eigenvalue weighted by atomic mass is 10.00. The predicted octanol–water partition coefficient (Wildman–Crippen LogP) is 2.96. The molecule has 3 nitrogen and oxygen atoms in total. The van der Waals surface area contributed by atoms with Gasteiger partial charge in [-0.15, -0.1) is 5.10 Å². The standard InChI is InChI=1S/C11H11ClFN3/c1-2-11(3-4-11)9-5-7(13)8-6-14-10(12)15-16(8)9/h5-6H,2-4H2,1H3. The fourth-order valence-corrected chi connectivity index (χ4v) is 2.38. The highest BCUT2D eigenvalue weighted by Crippen LogP contribution is 2.51. The van der Waals surface area contributed by atoms with Gasteiger partial charge in [0.1, 0.15) is 5.52 Å². The molecule has 2 aromatic rings. The van der Waals surface area contributed by atoms with Crippen LogP contribution in [0.4, 0.5) is 4.39 Å². The van der Waals surface area contributed by atoms with Gasteiger partial charge in [0.05, 0.1) is 11.9 Å². The fourth-order valence-electron chi connectivity index (χ4n) is 2.25. The molecule has 84 valence electrons. The van der Waals surface area contributed by atoms with Crippen LogP contribution >= 0.6 is 11.6 Å². The second-order valence-corrected chi connectivity index (χ2v) is 4.67. The smallest absolute Gasteiger partial charge is 0.230 e. The molecule has 0 N–H and O–H groups in total. The molecule has 2 heterocycles. The third kappa shape index (κ3) is 1.26. The fraction of sp³-hybridized carbons (Fsp3) is 0.455. The molecule has 0 atom stereocenters. The molecule has 2 aromatic heterocycles. The molecular weight excluding hydrogens is 229 g/mol. The van der Waals surface area contributed by atoms with Gasteiger partial charge in [-0.3, -0.25) is 0 Å². The number of aromatic nitrogens is 3. The molecule has 0 aliphatic heterocycles. The Morgan fingerprint density at radius 3 is 2.94 bits per heavy atom. The van der Waals surface area contributed by atoms with Crippen LogP contribution in [0.3, 0.4) is 0 Å². The van der Waals surface area contributed by atoms with E-state index >= 15 is 0 Å². The molecule has 0 amide bonds. The maximum absolute atomic E-state index is 13.7. The van der Waals surface area contributed by atoms with E-state index in [-0.39, 0.29) is 16.5 Å². The van der Waals surface area contributed by atoms with E-state index in [1.165, 1.54) is 6.20 Å². The molecule has 0 bridgehead atoms. The van der Waals surface area contributed by atoms with Crippen LogP contribution in [0.5, 0.6) is 0 Å². The first kappa shape index (κ1) is 10.0. The predicted molar refractivity (Wildman–Crippen MR) is 59.2 cm³/mol. The minimum absolute atomic E-state index is 0.102. The topological polar surface area (TPSA) is 30.2 Å². The number of fused-ring (bicyclic) bond motifs is 1. The van der Waals surface area contributed by atoms with Crippen LogP contribution in [0.2, 0.25) is 5.28 Å². The molecule has 1 fully saturated rings. The van der Waals surface area contributed by atoms with Crippen LogP contribution in [0.15, 0.2) is 12.3 Å². The lowest BCUT2D eigenvalue weighted by Gasteiger charge is -2.11. The summed E-state index contributed by atoms with van der Waals surface area (Å²) in [7, 11) is 0. The normalized spacial score (nSPS) is 17.9. The van der Waals surface area contributed by atoms with Crippen molar-refractivity contribution >= 4 is 17.1 Å². The minimum atomic E-state index is -0.272. The Bertz CT molecular complexity index is 560. The first-order valence-corrected chi connectivity index (χ1v) is 5.74. The first-order valence-electron chi connectivity index (χ1n) is 5.36. The Morgan fingerprint density at radius 1 is 1.56 bits per heavy atom. The van der Waals surface area contributed by atoms with E-state index in [0.29, 0.717) is 5.52 Å². The minimum Gasteiger partial charge on any atom is -0.230 e. The highest BCUT2D eigenvalue weighted by molar-refractivity contribution is 6.28. The van der Waals surface area contributed by atoms with E-state index in [1.54, 1.807) is 10.6 Å². The van der Waals surface area contributed by atoms with Gasteiger partial charge >= 0.3 is 0 Å². The van der Waals surface area contributed by atoms with Gasteiger partial charge in [-0.25, -0.2) is 13.9 Å². The largest absolute Gasteiger partial charge is 0.241 e. The molecule has 0 saturated heterocycles. The highest BCUT2D eigenvalue weighted by atomic mass is 35.5. The van der Waals surface area contributed by atoms with E-state index in [4.69, 9.17) is 11.6 Å². The average Bonchev–Trinajstić information content (AvgIpc) is 3.00. The molecule has 16 heavy (non-hydrogen) atoms. The molecule has 1 aliphatic carbocycles. The number of rotatable bonds is 2. The second kappa shape index (κ2) is 3.17. The number of halogens is 2. The van der Waals surface area contributed by atoms with Crippen LogP contribution in [0.25, 0.3) is 5.52 Å². The van der Waals surface area contributed by atoms with Gasteiger partial charge in [0.15, 0.2) is 5.82 Å². The zero-order chi connectivity index (χ0) is 11.3. The van der Waals surface area contributed by atoms with Gasteiger partial charge in [0, 0.05) is 5.41 Å². The Labute approximate surface area is 97.2 Å². The summed E-state index contributed by atoms with van der Waals surface area (Å²) in [5, 5.41) is 4.23. The maximum atomic E-state index is 13.7. The van der Waals surface area contributed by atoms with E-state index in [0.717, 1.165) is 25.0 Å². The summed E-state index contributed by atoms with van der Waals surface area (Å²) in [6.07, 6.45) is 4.62. The van der Waals surface area contributed by atoms with E-state index in [9.17, 15) is 4.39 Å². The summed E-state index contributed by atoms with van der Waals surface area (Å²) >= 11 is 5.75. The van der Waals surface area contributed by atoms with Gasteiger partial charge in [-0.05, 0) is 36.9 Å². The van der Waals surface area contributed by atoms with Crippen molar-refractivity contribution < 1.29 is 4.39 Å². The second-order valence-electron chi connectivity index (χ2n) is 4.34. The molecule has 1 saturated carbocycles. The maximum Gasteiger partial charge on any atom is 0.241 e. The first-order chi connectivity index (χ1) is 7.66. The van der Waals surface area contributed by atoms with Crippen molar-refractivity contribution in [2.45, 2.75) is 31.6 Å². The zero-order valence-corrected chi connectivity index (χ0v) is 9.63. The van der Waals surface area contributed by atoms with Gasteiger partial charge in [-0.1, -0.05) is 6.92 Å². The summed E-state index contributed by atoms with van der Waals surface area (Å²) in [5.41, 5.74) is 1.43. The summed E-state index contributed by atoms with van der Waals surface area (Å²) in [5.74, 6) is -0.272. The molecule has 5 heteroatoms. The number of hydrogen-bond donors (Lipinski definition) is 0. The van der Waals surface area contributed by atoms with E-state index in [2.05, 4.69) is 17.0 Å². The third-order valence-corrected chi connectivity index (χ3v) is 3.69. The lowest BCUT2D eigenvalue weighted by Crippen LogP contribution is -2.10. The molecular formula is C11H11ClFN3. The summed E-state index contributed by atoms with van der Waals surface area (Å²) < 4.78 is 15.3. The Balaban J connectivity index is 2.29. The summed E-state index contributed by atoms with van der Waals surface area (Å²) in [6.45, 7) is 2.12. The zero-order valence-electron chi connectivity index (χ0n) is 8.87. The van der Waals surface area contributed by atoms with Crippen molar-refractivity contribution in [2.24, 2.45) is 0 Å². The number of nitrogens with zero attached hydrogens (tertiary/aromatic N) is 3. The average molecular weight is 240 g/mol. The molecule has 0 unspecified atom stereocenters. The molecule has 1 aliphatic rings. The molecule has 0 aromatic carbocycles. The van der Waals surface area contributed by atoms with Gasteiger partial charge in [-0.2, -0.15) is 0 Å². The summed E-state index contributed by atoms with van der Waals surface area (Å²) in [4.78, 5) is 3.80. The van der Waals surface area contributed by atoms with Crippen molar-refractivity contribution in [1.82, 2.24) is 14.6 Å². The third-order valence-electron chi connectivity index (χ3n) is 3.51. The van der Waals surface area contributed by atoms with Crippen molar-refractivity contribution in [3.05, 3.63) is 29.1 Å². The Morgan fingerprint density at radius 2 is 2.31 bits per heavy atom. The van der Waals surface area contributed by atoms with Crippen LogP contribution in [0, 0.1) is 5.82 Å². The summed E-state index contributed by atoms with van der Waals surface area (Å²) in [6, 6.07) is 1.57. The molecule has 0 spiro atoms. The number of hydrogen-bond acceptors (Lipinski definition) is 2. The van der Waals surface area contributed by atoms with Crippen LogP contribution in [0.1, 0.15) is 31.9 Å². The lowest BCUT2D eigenvalue weighted by molar-refractivity contribution is 0.614. The quantitative estimate of drug-likeness (QED) is 0.807. The Hall–Kier alpha value is -1.16. The van der Waals surface area contributed by atoms with E-state index < -0.39 is 0 Å². The Kier molecular flexibility index (Phi) is 1.98. The van der Waals surface area contributed by atoms with Gasteiger partial charge in [0.2, 0.25) is 5.28 Å². The SMILES string of the molecule is CCC1(c2cc(F)c3cnc(Cl)nn23)CC1. The van der Waals surface area contributed by atoms with Crippen LogP contribution in [-0.4, -0.2) is 14.6 Å². The molecule has 0 radical (unpaired) electrons. The monoisotopic (exact) mass is 239 g/mol. The van der Waals surface area contributed by atoms with Crippen molar-refractivity contribution in [3.63, 3.8) is 0 Å². The molecule has 3 rings (SSSR count). The van der Waals surface area contributed by atoms with Gasteiger partial charge < -0.3 is 0 Å². The van der Waals surface area contributed by atoms with E-state index in [1.807, 2.05) is 0 Å². The van der Waals surface area contributed by atoms with Crippen LogP contribution in [-0.2, 0) is 5.41 Å². The van der Waals surface area contributed by atoms with Crippen molar-refractivity contribution in [3.8, 4) is 0 Å².